The molecular formula is C12H11BClF2NO2. The number of alkyl halides is 2. The van der Waals surface area contributed by atoms with Crippen LogP contribution in [0.15, 0.2) is 24.3 Å². The van der Waals surface area contributed by atoms with Gasteiger partial charge in [0.05, 0.1) is 5.94 Å². The Kier molecular flexibility index (Phi) is 3.99. The van der Waals surface area contributed by atoms with Gasteiger partial charge in [0.1, 0.15) is 13.6 Å². The maximum atomic E-state index is 13.4. The minimum Gasteiger partial charge on any atom is -0.410 e. The van der Waals surface area contributed by atoms with Crippen LogP contribution in [0.25, 0.3) is 0 Å². The van der Waals surface area contributed by atoms with Gasteiger partial charge in [-0.05, 0) is 30.7 Å². The van der Waals surface area contributed by atoms with Gasteiger partial charge in [-0.15, -0.1) is 0 Å². The highest BCUT2D eigenvalue weighted by atomic mass is 35.5. The standard InChI is InChI=1S/C12H11BClF2NO2/c13-10-12(15,16)6-1-7-17(10)11(18)19-9-4-2-8(14)3-5-9/h2-5,10H,1,6-7H2. The van der Waals surface area contributed by atoms with Gasteiger partial charge in [0.25, 0.3) is 5.92 Å². The van der Waals surface area contributed by atoms with Gasteiger partial charge in [-0.25, -0.2) is 13.6 Å². The lowest BCUT2D eigenvalue weighted by Crippen LogP contribution is -2.55. The van der Waals surface area contributed by atoms with Gasteiger partial charge in [0.2, 0.25) is 0 Å². The van der Waals surface area contributed by atoms with Gasteiger partial charge in [-0.2, -0.15) is 0 Å². The van der Waals surface area contributed by atoms with Crippen molar-refractivity contribution in [2.45, 2.75) is 24.7 Å². The van der Waals surface area contributed by atoms with E-state index in [4.69, 9.17) is 24.2 Å². The summed E-state index contributed by atoms with van der Waals surface area (Å²) in [6.07, 6.45) is -1.01. The average Bonchev–Trinajstić information content (AvgIpc) is 2.35. The van der Waals surface area contributed by atoms with Crippen LogP contribution in [0.1, 0.15) is 12.8 Å². The Balaban J connectivity index is 2.05. The van der Waals surface area contributed by atoms with Crippen LogP contribution < -0.4 is 4.74 Å². The van der Waals surface area contributed by atoms with Crippen molar-refractivity contribution in [3.63, 3.8) is 0 Å². The van der Waals surface area contributed by atoms with E-state index >= 15 is 0 Å². The molecule has 1 saturated heterocycles. The smallest absolute Gasteiger partial charge is 0.410 e. The SMILES string of the molecule is [B]C1N(C(=O)Oc2ccc(Cl)cc2)CCCC1(F)F. The monoisotopic (exact) mass is 285 g/mol. The van der Waals surface area contributed by atoms with Crippen LogP contribution in [0.2, 0.25) is 5.02 Å². The molecule has 2 rings (SSSR count). The molecule has 2 radical (unpaired) electrons. The average molecular weight is 285 g/mol. The molecule has 0 saturated carbocycles. The highest BCUT2D eigenvalue weighted by molar-refractivity contribution is 6.30. The summed E-state index contributed by atoms with van der Waals surface area (Å²) in [6.45, 7) is 0.156. The predicted octanol–water partition coefficient (Wildman–Crippen LogP) is 3.06. The first-order chi connectivity index (χ1) is 8.90. The number of hydrogen-bond acceptors (Lipinski definition) is 2. The van der Waals surface area contributed by atoms with Crippen molar-refractivity contribution in [1.82, 2.24) is 4.90 Å². The van der Waals surface area contributed by atoms with Crippen molar-refractivity contribution in [2.75, 3.05) is 6.54 Å². The Morgan fingerprint density at radius 3 is 2.68 bits per heavy atom. The molecular weight excluding hydrogens is 274 g/mol. The van der Waals surface area contributed by atoms with Crippen LogP contribution in [0.4, 0.5) is 13.6 Å². The largest absolute Gasteiger partial charge is 0.414 e. The molecule has 19 heavy (non-hydrogen) atoms. The van der Waals surface area contributed by atoms with Crippen LogP contribution in [0, 0.1) is 0 Å². The molecule has 7 heteroatoms. The quantitative estimate of drug-likeness (QED) is 0.742. The van der Waals surface area contributed by atoms with E-state index in [-0.39, 0.29) is 25.1 Å². The first kappa shape index (κ1) is 14.1. The molecule has 0 aliphatic carbocycles. The fraction of sp³-hybridized carbons (Fsp3) is 0.417. The lowest BCUT2D eigenvalue weighted by Gasteiger charge is -2.38. The number of ether oxygens (including phenoxy) is 1. The number of rotatable bonds is 1. The zero-order valence-corrected chi connectivity index (χ0v) is 10.7. The summed E-state index contributed by atoms with van der Waals surface area (Å²) < 4.78 is 31.8. The molecule has 0 bridgehead atoms. The van der Waals surface area contributed by atoms with Crippen molar-refractivity contribution >= 4 is 25.5 Å². The highest BCUT2D eigenvalue weighted by Gasteiger charge is 2.44. The van der Waals surface area contributed by atoms with Crippen molar-refractivity contribution < 1.29 is 18.3 Å². The fourth-order valence-electron chi connectivity index (χ4n) is 1.87. The predicted molar refractivity (Wildman–Crippen MR) is 67.9 cm³/mol. The van der Waals surface area contributed by atoms with Crippen LogP contribution in [-0.2, 0) is 0 Å². The van der Waals surface area contributed by atoms with Crippen LogP contribution >= 0.6 is 11.6 Å². The number of benzene rings is 1. The van der Waals surface area contributed by atoms with Crippen LogP contribution in [0.5, 0.6) is 5.75 Å². The number of carbonyl (C=O) groups is 1. The third-order valence-electron chi connectivity index (χ3n) is 2.93. The van der Waals surface area contributed by atoms with Crippen LogP contribution in [-0.4, -0.2) is 37.2 Å². The molecule has 0 aromatic heterocycles. The van der Waals surface area contributed by atoms with Crippen molar-refractivity contribution in [1.29, 1.82) is 0 Å². The molecule has 1 aliphatic rings. The molecule has 100 valence electrons. The summed E-state index contributed by atoms with van der Waals surface area (Å²) >= 11 is 5.69. The summed E-state index contributed by atoms with van der Waals surface area (Å²) in [5, 5.41) is 0.487. The minimum absolute atomic E-state index is 0.156. The Bertz CT molecular complexity index is 469. The first-order valence-electron chi connectivity index (χ1n) is 5.77. The van der Waals surface area contributed by atoms with Crippen molar-refractivity contribution in [2.24, 2.45) is 0 Å². The van der Waals surface area contributed by atoms with Gasteiger partial charge in [0.15, 0.2) is 0 Å². The van der Waals surface area contributed by atoms with E-state index in [2.05, 4.69) is 0 Å². The fourth-order valence-corrected chi connectivity index (χ4v) is 1.99. The van der Waals surface area contributed by atoms with Crippen molar-refractivity contribution in [3.8, 4) is 5.75 Å². The summed E-state index contributed by atoms with van der Waals surface area (Å²) in [6, 6.07) is 6.03. The van der Waals surface area contributed by atoms with E-state index in [0.29, 0.717) is 5.02 Å². The number of carbonyl (C=O) groups excluding carboxylic acids is 1. The maximum absolute atomic E-state index is 13.4. The van der Waals surface area contributed by atoms with Gasteiger partial charge in [-0.1, -0.05) is 11.6 Å². The van der Waals surface area contributed by atoms with Crippen LogP contribution in [0.3, 0.4) is 0 Å². The van der Waals surface area contributed by atoms with E-state index in [1.54, 1.807) is 0 Å². The second-order valence-corrected chi connectivity index (χ2v) is 4.76. The molecule has 1 fully saturated rings. The summed E-state index contributed by atoms with van der Waals surface area (Å²) in [5.74, 6) is -4.51. The molecule has 1 aromatic carbocycles. The number of halogens is 3. The number of hydrogen-bond donors (Lipinski definition) is 0. The van der Waals surface area contributed by atoms with E-state index in [1.807, 2.05) is 0 Å². The summed E-state index contributed by atoms with van der Waals surface area (Å²) in [7, 11) is 5.39. The number of nitrogens with zero attached hydrogens (tertiary/aromatic N) is 1. The lowest BCUT2D eigenvalue weighted by atomic mass is 9.83. The Hall–Kier alpha value is -1.30. The molecule has 1 atom stereocenters. The Morgan fingerprint density at radius 2 is 2.05 bits per heavy atom. The molecule has 0 spiro atoms. The van der Waals surface area contributed by atoms with E-state index < -0.39 is 18.0 Å². The zero-order valence-electron chi connectivity index (χ0n) is 9.98. The van der Waals surface area contributed by atoms with E-state index in [9.17, 15) is 13.6 Å². The van der Waals surface area contributed by atoms with Gasteiger partial charge < -0.3 is 9.64 Å². The molecule has 1 amide bonds. The number of likely N-dealkylation sites (tertiary alicyclic amines) is 1. The molecule has 3 nitrogen and oxygen atoms in total. The summed E-state index contributed by atoms with van der Waals surface area (Å²) in [4.78, 5) is 12.7. The third kappa shape index (κ3) is 3.18. The second-order valence-electron chi connectivity index (χ2n) is 4.32. The maximum Gasteiger partial charge on any atom is 0.414 e. The van der Waals surface area contributed by atoms with Gasteiger partial charge >= 0.3 is 6.09 Å². The molecule has 1 heterocycles. The second kappa shape index (κ2) is 5.37. The zero-order chi connectivity index (χ0) is 14.0. The topological polar surface area (TPSA) is 29.5 Å². The third-order valence-corrected chi connectivity index (χ3v) is 3.18. The minimum atomic E-state index is -3.09. The summed E-state index contributed by atoms with van der Waals surface area (Å²) in [5.41, 5.74) is 0. The Morgan fingerprint density at radius 1 is 1.42 bits per heavy atom. The van der Waals surface area contributed by atoms with Gasteiger partial charge in [0, 0.05) is 18.0 Å². The normalized spacial score (nSPS) is 22.1. The number of piperidine rings is 1. The molecule has 1 unspecified atom stereocenters. The Labute approximate surface area is 115 Å². The van der Waals surface area contributed by atoms with E-state index in [1.165, 1.54) is 24.3 Å². The lowest BCUT2D eigenvalue weighted by molar-refractivity contribution is -0.0737. The van der Waals surface area contributed by atoms with E-state index in [0.717, 1.165) is 4.90 Å². The molecule has 1 aromatic rings. The molecule has 1 aliphatic heterocycles. The molecule has 0 N–H and O–H groups in total. The number of amides is 1. The van der Waals surface area contributed by atoms with Gasteiger partial charge in [-0.3, -0.25) is 0 Å². The first-order valence-corrected chi connectivity index (χ1v) is 6.15. The highest BCUT2D eigenvalue weighted by Crippen LogP contribution is 2.31. The van der Waals surface area contributed by atoms with Crippen molar-refractivity contribution in [3.05, 3.63) is 29.3 Å².